The zero-order valence-corrected chi connectivity index (χ0v) is 38.5. The first kappa shape index (κ1) is 56.0. The number of aliphatic hydroxyl groups is 1. The molecule has 0 aliphatic carbocycles. The highest BCUT2D eigenvalue weighted by atomic mass is 31.2. The van der Waals surface area contributed by atoms with Gasteiger partial charge >= 0.3 is 13.8 Å². The van der Waals surface area contributed by atoms with Crippen molar-refractivity contribution in [3.05, 3.63) is 0 Å². The number of carbonyl (C=O) groups excluding carboxylic acids is 2. The molecule has 1 amide bonds. The monoisotopic (exact) mass is 832 g/mol. The highest BCUT2D eigenvalue weighted by molar-refractivity contribution is 7.47. The minimum atomic E-state index is -4.41. The van der Waals surface area contributed by atoms with Crippen molar-refractivity contribution in [1.29, 1.82) is 0 Å². The third-order valence-corrected chi connectivity index (χ3v) is 12.0. The van der Waals surface area contributed by atoms with Crippen LogP contribution in [0, 0.1) is 0 Å². The summed E-state index contributed by atoms with van der Waals surface area (Å²) in [5, 5.41) is 12.7. The number of carbonyl (C=O) groups is 2. The minimum Gasteiger partial charge on any atom is -0.463 e. The molecule has 2 unspecified atom stereocenters. The molecule has 0 saturated carbocycles. The number of aliphatic hydroxyl groups excluding tert-OH is 1. The van der Waals surface area contributed by atoms with E-state index in [0.29, 0.717) is 6.42 Å². The zero-order chi connectivity index (χ0) is 41.8. The maximum Gasteiger partial charge on any atom is 0.472 e. The molecule has 0 aromatic rings. The Hall–Kier alpha value is -0.990. The van der Waals surface area contributed by atoms with Gasteiger partial charge in [0.15, 0.2) is 0 Å². The van der Waals surface area contributed by atoms with Crippen LogP contribution in [0.3, 0.4) is 0 Å². The van der Waals surface area contributed by atoms with Crippen LogP contribution in [0.4, 0.5) is 0 Å². The molecule has 0 aromatic heterocycles. The second kappa shape index (κ2) is 44.6. The molecule has 0 heterocycles. The molecule has 0 radical (unpaired) electrons. The van der Waals surface area contributed by atoms with Gasteiger partial charge in [-0.25, -0.2) is 4.57 Å². The lowest BCUT2D eigenvalue weighted by Crippen LogP contribution is -2.27. The molecule has 3 N–H and O–H groups in total. The van der Waals surface area contributed by atoms with Crippen molar-refractivity contribution >= 4 is 19.7 Å². The Labute approximate surface area is 352 Å². The van der Waals surface area contributed by atoms with Crippen LogP contribution in [-0.2, 0) is 27.9 Å². The lowest BCUT2D eigenvalue weighted by atomic mass is 10.0. The van der Waals surface area contributed by atoms with Crippen molar-refractivity contribution in [2.24, 2.45) is 0 Å². The van der Waals surface area contributed by atoms with Crippen molar-refractivity contribution in [3.8, 4) is 0 Å². The molecule has 57 heavy (non-hydrogen) atoms. The number of rotatable bonds is 47. The second-order valence-corrected chi connectivity index (χ2v) is 18.3. The summed E-state index contributed by atoms with van der Waals surface area (Å²) >= 11 is 0. The van der Waals surface area contributed by atoms with Crippen LogP contribution in [0.15, 0.2) is 0 Å². The third-order valence-electron chi connectivity index (χ3n) is 11.0. The van der Waals surface area contributed by atoms with Gasteiger partial charge in [0.25, 0.3) is 0 Å². The molecule has 0 saturated heterocycles. The lowest BCUT2D eigenvalue weighted by Gasteiger charge is -2.15. The van der Waals surface area contributed by atoms with Crippen LogP contribution in [0.1, 0.15) is 258 Å². The largest absolute Gasteiger partial charge is 0.472 e. The van der Waals surface area contributed by atoms with E-state index in [1.807, 2.05) is 0 Å². The smallest absolute Gasteiger partial charge is 0.463 e. The van der Waals surface area contributed by atoms with E-state index in [-0.39, 0.29) is 32.1 Å². The Bertz CT molecular complexity index is 907. The number of ether oxygens (including phenoxy) is 1. The van der Waals surface area contributed by atoms with E-state index >= 15 is 0 Å². The van der Waals surface area contributed by atoms with Crippen LogP contribution in [0.25, 0.3) is 0 Å². The van der Waals surface area contributed by atoms with Gasteiger partial charge in [-0.3, -0.25) is 18.6 Å². The van der Waals surface area contributed by atoms with Gasteiger partial charge in [-0.1, -0.05) is 232 Å². The normalized spacial score (nSPS) is 13.1. The fourth-order valence-corrected chi connectivity index (χ4v) is 8.08. The van der Waals surface area contributed by atoms with E-state index in [9.17, 15) is 24.2 Å². The summed E-state index contributed by atoms with van der Waals surface area (Å²) in [6.07, 6.45) is 46.2. The molecule has 0 aliphatic rings. The predicted molar refractivity (Wildman–Crippen MR) is 238 cm³/mol. The van der Waals surface area contributed by atoms with Crippen LogP contribution in [0.5, 0.6) is 0 Å². The van der Waals surface area contributed by atoms with Crippen LogP contribution < -0.4 is 5.32 Å². The lowest BCUT2D eigenvalue weighted by molar-refractivity contribution is -0.147. The second-order valence-electron chi connectivity index (χ2n) is 16.8. The van der Waals surface area contributed by atoms with Gasteiger partial charge in [-0.05, 0) is 12.8 Å². The Morgan fingerprint density at radius 1 is 0.474 bits per heavy atom. The van der Waals surface area contributed by atoms with E-state index in [2.05, 4.69) is 19.2 Å². The third kappa shape index (κ3) is 45.9. The Kier molecular flexibility index (Phi) is 43.8. The van der Waals surface area contributed by atoms with Crippen molar-refractivity contribution in [3.63, 3.8) is 0 Å². The number of hydrogen-bond donors (Lipinski definition) is 3. The highest BCUT2D eigenvalue weighted by Gasteiger charge is 2.23. The van der Waals surface area contributed by atoms with Gasteiger partial charge in [-0.2, -0.15) is 0 Å². The number of amides is 1. The Morgan fingerprint density at radius 2 is 0.789 bits per heavy atom. The number of hydrogen-bond acceptors (Lipinski definition) is 7. The van der Waals surface area contributed by atoms with Gasteiger partial charge in [0.1, 0.15) is 12.7 Å². The molecule has 0 aromatic carbocycles. The molecule has 0 fully saturated rings. The van der Waals surface area contributed by atoms with Gasteiger partial charge in [-0.15, -0.1) is 0 Å². The number of phosphoric acid groups is 1. The molecule has 9 nitrogen and oxygen atoms in total. The maximum atomic E-state index is 12.1. The minimum absolute atomic E-state index is 0.0887. The molecular formula is C47H94NO8P. The molecule has 10 heteroatoms. The van der Waals surface area contributed by atoms with Gasteiger partial charge in [0.2, 0.25) is 5.91 Å². The van der Waals surface area contributed by atoms with Crippen LogP contribution in [-0.4, -0.2) is 54.3 Å². The van der Waals surface area contributed by atoms with Gasteiger partial charge in [0, 0.05) is 19.4 Å². The summed E-state index contributed by atoms with van der Waals surface area (Å²) in [4.78, 5) is 33.9. The van der Waals surface area contributed by atoms with Crippen molar-refractivity contribution in [2.75, 3.05) is 26.4 Å². The summed E-state index contributed by atoms with van der Waals surface area (Å²) < 4.78 is 26.9. The van der Waals surface area contributed by atoms with E-state index < -0.39 is 26.5 Å². The average molecular weight is 832 g/mol. The van der Waals surface area contributed by atoms with Crippen LogP contribution >= 0.6 is 7.82 Å². The molecule has 0 spiro atoms. The van der Waals surface area contributed by atoms with Gasteiger partial charge in [0.05, 0.1) is 13.2 Å². The standard InChI is InChI=1S/C47H94NO8P/c1-3-5-7-9-11-13-15-17-18-19-20-21-22-23-24-25-26-27-28-29-31-33-35-37-39-46(50)48-41-42-55-57(52,53)56-44-45(49)43-54-47(51)40-38-36-34-32-30-16-14-12-10-8-6-4-2/h45,49H,3-44H2,1-2H3,(H,48,50)(H,52,53). The Morgan fingerprint density at radius 3 is 1.14 bits per heavy atom. The molecule has 0 bridgehead atoms. The van der Waals surface area contributed by atoms with Crippen molar-refractivity contribution in [2.45, 2.75) is 264 Å². The highest BCUT2D eigenvalue weighted by Crippen LogP contribution is 2.42. The van der Waals surface area contributed by atoms with Crippen LogP contribution in [0.2, 0.25) is 0 Å². The molecule has 0 rings (SSSR count). The predicted octanol–water partition coefficient (Wildman–Crippen LogP) is 14.0. The fourth-order valence-electron chi connectivity index (χ4n) is 7.32. The summed E-state index contributed by atoms with van der Waals surface area (Å²) in [5.41, 5.74) is 0. The van der Waals surface area contributed by atoms with Crippen molar-refractivity contribution < 1.29 is 37.9 Å². The van der Waals surface area contributed by atoms with Gasteiger partial charge < -0.3 is 20.1 Å². The first-order valence-electron chi connectivity index (χ1n) is 24.5. The SMILES string of the molecule is CCCCCCCCCCCCCCCCCCCCCCCCCCC(=O)NCCOP(=O)(O)OCC(O)COC(=O)CCCCCCCCCCCCCC. The first-order chi connectivity index (χ1) is 27.8. The Balaban J connectivity index is 3.48. The number of nitrogens with one attached hydrogen (secondary N) is 1. The average Bonchev–Trinajstić information content (AvgIpc) is 3.20. The first-order valence-corrected chi connectivity index (χ1v) is 26.0. The quantitative estimate of drug-likeness (QED) is 0.0314. The molecule has 340 valence electrons. The van der Waals surface area contributed by atoms with E-state index in [0.717, 1.165) is 38.5 Å². The molecular weight excluding hydrogens is 737 g/mol. The number of phosphoric ester groups is 1. The summed E-state index contributed by atoms with van der Waals surface area (Å²) in [6, 6.07) is 0. The topological polar surface area (TPSA) is 131 Å². The van der Waals surface area contributed by atoms with E-state index in [1.54, 1.807) is 0 Å². The number of unbranched alkanes of at least 4 members (excludes halogenated alkanes) is 34. The van der Waals surface area contributed by atoms with E-state index in [4.69, 9.17) is 13.8 Å². The maximum absolute atomic E-state index is 12.1. The van der Waals surface area contributed by atoms with Crippen molar-refractivity contribution in [1.82, 2.24) is 5.32 Å². The fraction of sp³-hybridized carbons (Fsp3) is 0.957. The van der Waals surface area contributed by atoms with E-state index in [1.165, 1.54) is 193 Å². The molecule has 2 atom stereocenters. The zero-order valence-electron chi connectivity index (χ0n) is 37.6. The molecule has 0 aliphatic heterocycles. The summed E-state index contributed by atoms with van der Waals surface area (Å²) in [5.74, 6) is -0.502. The summed E-state index contributed by atoms with van der Waals surface area (Å²) in [6.45, 7) is 3.60. The number of esters is 1. The summed E-state index contributed by atoms with van der Waals surface area (Å²) in [7, 11) is -4.41.